The first-order valence-electron chi connectivity index (χ1n) is 17.3. The summed E-state index contributed by atoms with van der Waals surface area (Å²) in [5.41, 5.74) is 15.5. The number of hydrogen-bond donors (Lipinski definition) is 0. The van der Waals surface area contributed by atoms with Crippen molar-refractivity contribution in [3.05, 3.63) is 235 Å². The minimum atomic E-state index is -0.433. The van der Waals surface area contributed by atoms with Gasteiger partial charge in [-0.2, -0.15) is 0 Å². The average Bonchev–Trinajstić information content (AvgIpc) is 3.51. The van der Waals surface area contributed by atoms with Crippen LogP contribution in [0.1, 0.15) is 22.3 Å². The highest BCUT2D eigenvalue weighted by molar-refractivity contribution is 5.90. The van der Waals surface area contributed by atoms with E-state index in [-0.39, 0.29) is 0 Å². The van der Waals surface area contributed by atoms with Crippen molar-refractivity contribution in [2.75, 3.05) is 4.90 Å². The van der Waals surface area contributed by atoms with Gasteiger partial charge in [0.2, 0.25) is 0 Å². The number of anilines is 3. The summed E-state index contributed by atoms with van der Waals surface area (Å²) in [5, 5.41) is 0. The summed E-state index contributed by atoms with van der Waals surface area (Å²) in [7, 11) is 0. The Kier molecular flexibility index (Phi) is 7.44. The number of fused-ring (bicyclic) bond motifs is 3. The Morgan fingerprint density at radius 3 is 1.26 bits per heavy atom. The van der Waals surface area contributed by atoms with Crippen LogP contribution in [-0.2, 0) is 5.41 Å². The number of para-hydroxylation sites is 1. The summed E-state index contributed by atoms with van der Waals surface area (Å²) in [6.07, 6.45) is 0. The first kappa shape index (κ1) is 29.7. The first-order chi connectivity index (χ1) is 24.8. The van der Waals surface area contributed by atoms with Gasteiger partial charge in [-0.05, 0) is 80.4 Å². The van der Waals surface area contributed by atoms with Gasteiger partial charge >= 0.3 is 0 Å². The molecule has 0 unspecified atom stereocenters. The summed E-state index contributed by atoms with van der Waals surface area (Å²) in [5.74, 6) is 0. The maximum atomic E-state index is 2.40. The summed E-state index contributed by atoms with van der Waals surface area (Å²) >= 11 is 0. The lowest BCUT2D eigenvalue weighted by Crippen LogP contribution is -2.28. The molecule has 0 aromatic heterocycles. The van der Waals surface area contributed by atoms with E-state index in [4.69, 9.17) is 0 Å². The molecule has 0 radical (unpaired) electrons. The first-order valence-corrected chi connectivity index (χ1v) is 17.3. The molecular weight excluding hydrogens is 603 g/mol. The maximum absolute atomic E-state index is 2.40. The van der Waals surface area contributed by atoms with E-state index in [1.165, 1.54) is 55.6 Å². The molecule has 0 fully saturated rings. The highest BCUT2D eigenvalue weighted by Gasteiger charge is 2.45. The van der Waals surface area contributed by atoms with Gasteiger partial charge in [0.15, 0.2) is 0 Å². The van der Waals surface area contributed by atoms with Crippen molar-refractivity contribution < 1.29 is 0 Å². The fourth-order valence-electron chi connectivity index (χ4n) is 7.96. The standard InChI is InChI=1S/C49H35N/c1-4-16-36(17-5-1)37-28-32-41(33-29-37)50(48-27-15-12-22-43(48)38-18-6-2-7-19-38)42-34-30-40(31-35-42)49(39-20-8-3-9-21-39)46-25-13-10-23-44(46)45-24-11-14-26-47(45)49/h1-35H. The van der Waals surface area contributed by atoms with E-state index >= 15 is 0 Å². The molecular formula is C49H35N. The molecule has 9 rings (SSSR count). The third kappa shape index (κ3) is 4.86. The molecule has 1 nitrogen and oxygen atoms in total. The molecule has 8 aromatic carbocycles. The second kappa shape index (κ2) is 12.5. The second-order valence-electron chi connectivity index (χ2n) is 12.9. The molecule has 1 aliphatic carbocycles. The van der Waals surface area contributed by atoms with Gasteiger partial charge in [0, 0.05) is 16.9 Å². The van der Waals surface area contributed by atoms with Crippen LogP contribution in [0.15, 0.2) is 212 Å². The minimum Gasteiger partial charge on any atom is -0.310 e. The number of benzene rings is 8. The minimum absolute atomic E-state index is 0.433. The van der Waals surface area contributed by atoms with Crippen molar-refractivity contribution >= 4 is 17.1 Å². The van der Waals surface area contributed by atoms with E-state index in [9.17, 15) is 0 Å². The molecule has 0 aliphatic heterocycles. The van der Waals surface area contributed by atoms with Gasteiger partial charge in [0.05, 0.1) is 11.1 Å². The predicted octanol–water partition coefficient (Wildman–Crippen LogP) is 12.9. The van der Waals surface area contributed by atoms with Crippen molar-refractivity contribution in [2.45, 2.75) is 5.41 Å². The molecule has 0 N–H and O–H groups in total. The third-order valence-electron chi connectivity index (χ3n) is 10.2. The Morgan fingerprint density at radius 2 is 0.680 bits per heavy atom. The highest BCUT2D eigenvalue weighted by Crippen LogP contribution is 2.56. The van der Waals surface area contributed by atoms with Crippen molar-refractivity contribution in [3.63, 3.8) is 0 Å². The van der Waals surface area contributed by atoms with Crippen LogP contribution >= 0.6 is 0 Å². The Labute approximate surface area is 294 Å². The number of nitrogens with zero attached hydrogens (tertiary/aromatic N) is 1. The van der Waals surface area contributed by atoms with Gasteiger partial charge in [0.25, 0.3) is 0 Å². The van der Waals surface area contributed by atoms with Crippen LogP contribution in [-0.4, -0.2) is 0 Å². The normalized spacial score (nSPS) is 12.6. The molecule has 0 heterocycles. The monoisotopic (exact) mass is 637 g/mol. The molecule has 1 aliphatic rings. The van der Waals surface area contributed by atoms with Gasteiger partial charge in [-0.15, -0.1) is 0 Å². The van der Waals surface area contributed by atoms with Gasteiger partial charge < -0.3 is 4.90 Å². The molecule has 236 valence electrons. The van der Waals surface area contributed by atoms with E-state index in [1.807, 2.05) is 0 Å². The molecule has 0 saturated carbocycles. The maximum Gasteiger partial charge on any atom is 0.0713 e. The van der Waals surface area contributed by atoms with E-state index < -0.39 is 5.41 Å². The SMILES string of the molecule is c1ccc(-c2ccc(N(c3ccc(C4(c5ccccc5)c5ccccc5-c5ccccc54)cc3)c3ccccc3-c3ccccc3)cc2)cc1. The zero-order valence-corrected chi connectivity index (χ0v) is 27.7. The topological polar surface area (TPSA) is 3.24 Å². The largest absolute Gasteiger partial charge is 0.310 e. The third-order valence-corrected chi connectivity index (χ3v) is 10.2. The Balaban J connectivity index is 1.23. The molecule has 1 heteroatoms. The van der Waals surface area contributed by atoms with E-state index in [0.29, 0.717) is 0 Å². The summed E-state index contributed by atoms with van der Waals surface area (Å²) in [6, 6.07) is 77.1. The number of hydrogen-bond acceptors (Lipinski definition) is 1. The molecule has 8 aromatic rings. The van der Waals surface area contributed by atoms with E-state index in [1.54, 1.807) is 0 Å². The van der Waals surface area contributed by atoms with Crippen molar-refractivity contribution in [1.29, 1.82) is 0 Å². The van der Waals surface area contributed by atoms with Gasteiger partial charge in [-0.1, -0.05) is 182 Å². The van der Waals surface area contributed by atoms with Crippen LogP contribution in [0.2, 0.25) is 0 Å². The molecule has 0 spiro atoms. The average molecular weight is 638 g/mol. The molecule has 50 heavy (non-hydrogen) atoms. The lowest BCUT2D eigenvalue weighted by Gasteiger charge is -2.34. The smallest absolute Gasteiger partial charge is 0.0713 e. The van der Waals surface area contributed by atoms with Crippen LogP contribution in [0.5, 0.6) is 0 Å². The Morgan fingerprint density at radius 1 is 0.280 bits per heavy atom. The zero-order valence-electron chi connectivity index (χ0n) is 27.7. The van der Waals surface area contributed by atoms with Crippen molar-refractivity contribution in [2.24, 2.45) is 0 Å². The summed E-state index contributed by atoms with van der Waals surface area (Å²) in [4.78, 5) is 2.40. The highest BCUT2D eigenvalue weighted by atomic mass is 15.1. The van der Waals surface area contributed by atoms with Crippen LogP contribution in [0.25, 0.3) is 33.4 Å². The van der Waals surface area contributed by atoms with Gasteiger partial charge in [0.1, 0.15) is 0 Å². The fraction of sp³-hybridized carbons (Fsp3) is 0.0204. The molecule has 0 saturated heterocycles. The summed E-state index contributed by atoms with van der Waals surface area (Å²) < 4.78 is 0. The summed E-state index contributed by atoms with van der Waals surface area (Å²) in [6.45, 7) is 0. The fourth-order valence-corrected chi connectivity index (χ4v) is 7.96. The van der Waals surface area contributed by atoms with Crippen molar-refractivity contribution in [3.8, 4) is 33.4 Å². The lowest BCUT2D eigenvalue weighted by atomic mass is 9.68. The predicted molar refractivity (Wildman–Crippen MR) is 209 cm³/mol. The lowest BCUT2D eigenvalue weighted by molar-refractivity contribution is 0.768. The van der Waals surface area contributed by atoms with Crippen LogP contribution in [0, 0.1) is 0 Å². The molecule has 0 atom stereocenters. The molecule has 0 bridgehead atoms. The van der Waals surface area contributed by atoms with E-state index in [2.05, 4.69) is 217 Å². The Hall–Kier alpha value is -6.44. The number of rotatable bonds is 7. The van der Waals surface area contributed by atoms with E-state index in [0.717, 1.165) is 17.1 Å². The van der Waals surface area contributed by atoms with Crippen molar-refractivity contribution in [1.82, 2.24) is 0 Å². The van der Waals surface area contributed by atoms with Gasteiger partial charge in [-0.3, -0.25) is 0 Å². The van der Waals surface area contributed by atoms with Gasteiger partial charge in [-0.25, -0.2) is 0 Å². The van der Waals surface area contributed by atoms with Crippen LogP contribution in [0.4, 0.5) is 17.1 Å². The van der Waals surface area contributed by atoms with Crippen LogP contribution in [0.3, 0.4) is 0 Å². The van der Waals surface area contributed by atoms with Crippen LogP contribution < -0.4 is 4.90 Å². The molecule has 0 amide bonds. The Bertz CT molecular complexity index is 2350. The second-order valence-corrected chi connectivity index (χ2v) is 12.9. The zero-order chi connectivity index (χ0) is 33.3. The quantitative estimate of drug-likeness (QED) is 0.168.